The van der Waals surface area contributed by atoms with Gasteiger partial charge < -0.3 is 20.2 Å². The Morgan fingerprint density at radius 3 is 2.42 bits per heavy atom. The van der Waals surface area contributed by atoms with Crippen molar-refractivity contribution in [2.45, 2.75) is 25.0 Å². The first-order valence-electron chi connectivity index (χ1n) is 6.03. The largest absolute Gasteiger partial charge is 0.481 e. The standard InChI is InChI=1S/C13H16ClNO4/c1-7(13(18)19)8-2-3-10(9(14)4-8)15-5-11(16)12(17)6-15/h2-4,7,11-12,16-17H,5-6H2,1H3,(H,18,19)/t7?,11-,12-/m1/s1. The molecule has 0 spiro atoms. The van der Waals surface area contributed by atoms with Crippen LogP contribution < -0.4 is 4.90 Å². The van der Waals surface area contributed by atoms with E-state index >= 15 is 0 Å². The molecule has 0 amide bonds. The number of hydrogen-bond donors (Lipinski definition) is 3. The first kappa shape index (κ1) is 14.1. The van der Waals surface area contributed by atoms with E-state index in [1.54, 1.807) is 30.0 Å². The normalized spacial score (nSPS) is 24.5. The number of rotatable bonds is 3. The van der Waals surface area contributed by atoms with Crippen LogP contribution in [0, 0.1) is 0 Å². The van der Waals surface area contributed by atoms with Crippen molar-refractivity contribution < 1.29 is 20.1 Å². The number of hydrogen-bond acceptors (Lipinski definition) is 4. The summed E-state index contributed by atoms with van der Waals surface area (Å²) in [6, 6.07) is 5.05. The number of carbonyl (C=O) groups is 1. The second kappa shape index (κ2) is 5.36. The van der Waals surface area contributed by atoms with Crippen LogP contribution in [-0.2, 0) is 4.79 Å². The highest BCUT2D eigenvalue weighted by Crippen LogP contribution is 2.31. The molecular formula is C13H16ClNO4. The summed E-state index contributed by atoms with van der Waals surface area (Å²) >= 11 is 6.16. The van der Waals surface area contributed by atoms with Gasteiger partial charge in [-0.2, -0.15) is 0 Å². The monoisotopic (exact) mass is 285 g/mol. The summed E-state index contributed by atoms with van der Waals surface area (Å²) in [5.74, 6) is -1.53. The fourth-order valence-corrected chi connectivity index (χ4v) is 2.47. The van der Waals surface area contributed by atoms with Crippen molar-refractivity contribution >= 4 is 23.3 Å². The van der Waals surface area contributed by atoms with Crippen LogP contribution in [0.15, 0.2) is 18.2 Å². The van der Waals surface area contributed by atoms with E-state index in [1.807, 2.05) is 0 Å². The second-order valence-electron chi connectivity index (χ2n) is 4.81. The van der Waals surface area contributed by atoms with Gasteiger partial charge in [-0.15, -0.1) is 0 Å². The maximum Gasteiger partial charge on any atom is 0.310 e. The summed E-state index contributed by atoms with van der Waals surface area (Å²) in [4.78, 5) is 12.7. The minimum atomic E-state index is -0.907. The van der Waals surface area contributed by atoms with Gasteiger partial charge in [0.2, 0.25) is 0 Å². The zero-order chi connectivity index (χ0) is 14.2. The average Bonchev–Trinajstić information content (AvgIpc) is 2.68. The molecule has 1 fully saturated rings. The highest BCUT2D eigenvalue weighted by molar-refractivity contribution is 6.33. The van der Waals surface area contributed by atoms with Crippen LogP contribution in [0.3, 0.4) is 0 Å². The van der Waals surface area contributed by atoms with E-state index in [0.29, 0.717) is 29.4 Å². The highest BCUT2D eigenvalue weighted by Gasteiger charge is 2.30. The van der Waals surface area contributed by atoms with Crippen molar-refractivity contribution in [2.75, 3.05) is 18.0 Å². The highest BCUT2D eigenvalue weighted by atomic mass is 35.5. The van der Waals surface area contributed by atoms with Crippen molar-refractivity contribution in [2.24, 2.45) is 0 Å². The van der Waals surface area contributed by atoms with Crippen LogP contribution in [0.25, 0.3) is 0 Å². The molecule has 3 atom stereocenters. The number of β-amino-alcohol motifs (C(OH)–C–C–N with tert-alkyl or cyclic N) is 2. The SMILES string of the molecule is CC(C(=O)O)c1ccc(N2C[C@@H](O)[C@H](O)C2)c(Cl)c1. The number of aliphatic hydroxyl groups excluding tert-OH is 2. The molecule has 1 aliphatic rings. The topological polar surface area (TPSA) is 81.0 Å². The summed E-state index contributed by atoms with van der Waals surface area (Å²) in [5, 5.41) is 28.4. The molecule has 0 radical (unpaired) electrons. The number of carboxylic acids is 1. The lowest BCUT2D eigenvalue weighted by atomic mass is 10.0. The van der Waals surface area contributed by atoms with Crippen molar-refractivity contribution in [3.05, 3.63) is 28.8 Å². The molecule has 104 valence electrons. The van der Waals surface area contributed by atoms with E-state index in [1.165, 1.54) is 0 Å². The maximum absolute atomic E-state index is 10.9. The first-order chi connectivity index (χ1) is 8.90. The molecule has 6 heteroatoms. The average molecular weight is 286 g/mol. The van der Waals surface area contributed by atoms with Crippen LogP contribution in [0.4, 0.5) is 5.69 Å². The van der Waals surface area contributed by atoms with Gasteiger partial charge in [-0.25, -0.2) is 0 Å². The molecule has 0 aromatic heterocycles. The fourth-order valence-electron chi connectivity index (χ4n) is 2.16. The van der Waals surface area contributed by atoms with E-state index in [-0.39, 0.29) is 0 Å². The quantitative estimate of drug-likeness (QED) is 0.774. The Bertz CT molecular complexity index is 484. The third kappa shape index (κ3) is 2.83. The third-order valence-corrected chi connectivity index (χ3v) is 3.74. The number of benzene rings is 1. The lowest BCUT2D eigenvalue weighted by Crippen LogP contribution is -2.22. The second-order valence-corrected chi connectivity index (χ2v) is 5.22. The molecule has 1 aliphatic heterocycles. The number of carboxylic acid groups (broad SMARTS) is 1. The van der Waals surface area contributed by atoms with E-state index < -0.39 is 24.1 Å². The van der Waals surface area contributed by atoms with E-state index in [4.69, 9.17) is 16.7 Å². The molecule has 1 unspecified atom stereocenters. The summed E-state index contributed by atoms with van der Waals surface area (Å²) in [6.07, 6.45) is -1.57. The van der Waals surface area contributed by atoms with Gasteiger partial charge in [-0.05, 0) is 24.6 Å². The summed E-state index contributed by atoms with van der Waals surface area (Å²) in [6.45, 7) is 2.22. The summed E-state index contributed by atoms with van der Waals surface area (Å²) < 4.78 is 0. The molecule has 19 heavy (non-hydrogen) atoms. The number of nitrogens with zero attached hydrogens (tertiary/aromatic N) is 1. The molecule has 1 heterocycles. The smallest absolute Gasteiger partial charge is 0.310 e. The molecule has 1 saturated heterocycles. The number of aliphatic hydroxyl groups is 2. The van der Waals surface area contributed by atoms with Crippen LogP contribution in [0.2, 0.25) is 5.02 Å². The van der Waals surface area contributed by atoms with Crippen molar-refractivity contribution in [1.82, 2.24) is 0 Å². The van der Waals surface area contributed by atoms with Crippen LogP contribution >= 0.6 is 11.6 Å². The molecule has 0 aliphatic carbocycles. The van der Waals surface area contributed by atoms with E-state index in [9.17, 15) is 15.0 Å². The van der Waals surface area contributed by atoms with Crippen molar-refractivity contribution in [3.63, 3.8) is 0 Å². The summed E-state index contributed by atoms with van der Waals surface area (Å²) in [7, 11) is 0. The number of anilines is 1. The number of halogens is 1. The van der Waals surface area contributed by atoms with Crippen molar-refractivity contribution in [3.8, 4) is 0 Å². The molecular weight excluding hydrogens is 270 g/mol. The van der Waals surface area contributed by atoms with Gasteiger partial charge in [0.15, 0.2) is 0 Å². The van der Waals surface area contributed by atoms with Crippen LogP contribution in [-0.4, -0.2) is 46.6 Å². The van der Waals surface area contributed by atoms with Crippen LogP contribution in [0.5, 0.6) is 0 Å². The predicted octanol–water partition coefficient (Wildman–Crippen LogP) is 1.07. The van der Waals surface area contributed by atoms with Crippen molar-refractivity contribution in [1.29, 1.82) is 0 Å². The lowest BCUT2D eigenvalue weighted by molar-refractivity contribution is -0.138. The maximum atomic E-state index is 10.9. The Labute approximate surface area is 116 Å². The Balaban J connectivity index is 2.23. The molecule has 1 aromatic rings. The number of aliphatic carboxylic acids is 1. The minimum Gasteiger partial charge on any atom is -0.481 e. The van der Waals surface area contributed by atoms with Gasteiger partial charge in [0.05, 0.1) is 28.8 Å². The van der Waals surface area contributed by atoms with Gasteiger partial charge in [0, 0.05) is 13.1 Å². The van der Waals surface area contributed by atoms with E-state index in [2.05, 4.69) is 0 Å². The zero-order valence-electron chi connectivity index (χ0n) is 10.5. The van der Waals surface area contributed by atoms with Gasteiger partial charge in [0.25, 0.3) is 0 Å². The Morgan fingerprint density at radius 1 is 1.37 bits per heavy atom. The summed E-state index contributed by atoms with van der Waals surface area (Å²) in [5.41, 5.74) is 1.32. The minimum absolute atomic E-state index is 0.314. The van der Waals surface area contributed by atoms with Gasteiger partial charge >= 0.3 is 5.97 Å². The zero-order valence-corrected chi connectivity index (χ0v) is 11.2. The molecule has 2 rings (SSSR count). The Kier molecular flexibility index (Phi) is 3.99. The molecule has 0 saturated carbocycles. The van der Waals surface area contributed by atoms with Gasteiger partial charge in [-0.1, -0.05) is 17.7 Å². The Morgan fingerprint density at radius 2 is 1.95 bits per heavy atom. The molecule has 1 aromatic carbocycles. The van der Waals surface area contributed by atoms with Gasteiger partial charge in [-0.3, -0.25) is 4.79 Å². The van der Waals surface area contributed by atoms with Crippen LogP contribution in [0.1, 0.15) is 18.4 Å². The first-order valence-corrected chi connectivity index (χ1v) is 6.41. The lowest BCUT2D eigenvalue weighted by Gasteiger charge is -2.20. The molecule has 0 bridgehead atoms. The predicted molar refractivity (Wildman–Crippen MR) is 71.7 cm³/mol. The van der Waals surface area contributed by atoms with Gasteiger partial charge in [0.1, 0.15) is 0 Å². The Hall–Kier alpha value is -1.30. The van der Waals surface area contributed by atoms with E-state index in [0.717, 1.165) is 0 Å². The third-order valence-electron chi connectivity index (χ3n) is 3.44. The molecule has 5 nitrogen and oxygen atoms in total. The molecule has 3 N–H and O–H groups in total. The fraction of sp³-hybridized carbons (Fsp3) is 0.462.